The maximum atomic E-state index is 12.6. The van der Waals surface area contributed by atoms with Gasteiger partial charge in [-0.2, -0.15) is 0 Å². The molecule has 142 heavy (non-hydrogen) atoms. The van der Waals surface area contributed by atoms with Crippen molar-refractivity contribution >= 4 is 95.7 Å². The van der Waals surface area contributed by atoms with E-state index in [1.54, 1.807) is 0 Å². The third-order valence-corrected chi connectivity index (χ3v) is 29.2. The molecule has 5 fully saturated rings. The summed E-state index contributed by atoms with van der Waals surface area (Å²) in [5.41, 5.74) is 59.5. The van der Waals surface area contributed by atoms with Gasteiger partial charge >= 0.3 is 0 Å². The van der Waals surface area contributed by atoms with Crippen molar-refractivity contribution in [2.75, 3.05) is 52.4 Å². The van der Waals surface area contributed by atoms with Crippen LogP contribution >= 0.6 is 11.6 Å². The van der Waals surface area contributed by atoms with Crippen LogP contribution in [0.4, 0.5) is 0 Å². The lowest BCUT2D eigenvalue weighted by Crippen LogP contribution is -3.00. The Kier molecular flexibility index (Phi) is 38.0. The van der Waals surface area contributed by atoms with E-state index < -0.39 is 0 Å². The fourth-order valence-corrected chi connectivity index (χ4v) is 19.9. The molecule has 15 aromatic rings. The number of aromatic nitrogens is 5. The number of hydrogen-bond donors (Lipinski definition) is 17. The number of benzene rings is 10. The van der Waals surface area contributed by atoms with Gasteiger partial charge in [-0.05, 0) is 326 Å². The fraction of sp³-hybridized carbons (Fsp3) is 0.364. The highest BCUT2D eigenvalue weighted by Gasteiger charge is 2.31. The number of carbonyl (C=O) groups is 5. The van der Waals surface area contributed by atoms with E-state index in [2.05, 4.69) is 298 Å². The van der Waals surface area contributed by atoms with Crippen LogP contribution < -0.4 is 79.5 Å². The van der Waals surface area contributed by atoms with Crippen molar-refractivity contribution in [3.05, 3.63) is 299 Å². The minimum Gasteiger partial charge on any atom is -1.00 e. The van der Waals surface area contributed by atoms with E-state index in [0.717, 1.165) is 197 Å². The van der Waals surface area contributed by atoms with Gasteiger partial charge in [0, 0.05) is 106 Å². The van der Waals surface area contributed by atoms with Gasteiger partial charge in [0.15, 0.2) is 0 Å². The van der Waals surface area contributed by atoms with E-state index in [9.17, 15) is 24.0 Å². The number of fused-ring (bicyclic) bond motifs is 5. The number of aryl methyl sites for hydroxylation is 4. The number of nitrogens with one attached hydrogen (secondary N) is 10. The topological polar surface area (TPSA) is 417 Å². The summed E-state index contributed by atoms with van der Waals surface area (Å²) in [5, 5.41) is 20.3. The lowest BCUT2D eigenvalue weighted by atomic mass is 10.0. The second-order valence-electron chi connectivity index (χ2n) is 40.3. The first-order valence-electron chi connectivity index (χ1n) is 50.4. The van der Waals surface area contributed by atoms with Crippen LogP contribution in [0.1, 0.15) is 210 Å². The second kappa shape index (κ2) is 50.5. The summed E-state index contributed by atoms with van der Waals surface area (Å²) in [6.45, 7) is 15.8. The number of rotatable bonds is 31. The summed E-state index contributed by atoms with van der Waals surface area (Å²) < 4.78 is 0. The van der Waals surface area contributed by atoms with Gasteiger partial charge in [0.05, 0.1) is 11.4 Å². The number of aromatic amines is 5. The number of H-pyrrole nitrogens is 5. The molecule has 20 rings (SSSR count). The monoisotopic (exact) mass is 1950 g/mol. The Morgan fingerprint density at radius 2 is 0.599 bits per heavy atom. The first-order chi connectivity index (χ1) is 67.3. The van der Waals surface area contributed by atoms with Crippen molar-refractivity contribution in [2.45, 2.75) is 181 Å². The Hall–Kier alpha value is -12.5. The predicted molar refractivity (Wildman–Crippen MR) is 582 cm³/mol. The van der Waals surface area contributed by atoms with Crippen LogP contribution in [0.25, 0.3) is 110 Å². The van der Waals surface area contributed by atoms with E-state index in [1.165, 1.54) is 95.0 Å². The number of hydrogen-bond acceptors (Lipinski definition) is 11. The van der Waals surface area contributed by atoms with Crippen LogP contribution in [-0.2, 0) is 0 Å². The highest BCUT2D eigenvalue weighted by Crippen LogP contribution is 2.42. The van der Waals surface area contributed by atoms with Gasteiger partial charge in [-0.3, -0.25) is 24.0 Å². The molecule has 10 atom stereocenters. The number of amides is 5. The minimum atomic E-state index is -0.128. The molecular formula is C118H147Cl2N17O5. The van der Waals surface area contributed by atoms with Crippen molar-refractivity contribution in [1.29, 1.82) is 0 Å². The largest absolute Gasteiger partial charge is 1.00 e. The summed E-state index contributed by atoms with van der Waals surface area (Å²) in [7, 11) is 0. The third-order valence-electron chi connectivity index (χ3n) is 28.9. The molecule has 2 unspecified atom stereocenters. The Bertz CT molecular complexity index is 6300. The van der Waals surface area contributed by atoms with Gasteiger partial charge < -0.3 is 104 Å². The van der Waals surface area contributed by atoms with Crippen molar-refractivity contribution in [1.82, 2.24) is 57.7 Å². The van der Waals surface area contributed by atoms with Crippen LogP contribution in [0.3, 0.4) is 0 Å². The Morgan fingerprint density at radius 1 is 0.338 bits per heavy atom. The van der Waals surface area contributed by atoms with Gasteiger partial charge in [-0.15, -0.1) is 11.6 Å². The minimum absolute atomic E-state index is 0. The van der Waals surface area contributed by atoms with Crippen molar-refractivity contribution < 1.29 is 42.1 Å². The van der Waals surface area contributed by atoms with Crippen LogP contribution in [0.5, 0.6) is 0 Å². The summed E-state index contributed by atoms with van der Waals surface area (Å²) in [5.74, 6) is 4.67. The molecule has 0 saturated heterocycles. The Balaban J connectivity index is 0.000000149. The molecule has 5 heterocycles. The molecule has 5 aliphatic carbocycles. The zero-order valence-corrected chi connectivity index (χ0v) is 83.8. The van der Waals surface area contributed by atoms with Crippen molar-refractivity contribution in [3.63, 3.8) is 0 Å². The maximum Gasteiger partial charge on any atom is 0.267 e. The van der Waals surface area contributed by atoms with Gasteiger partial charge in [0.25, 0.3) is 29.5 Å². The van der Waals surface area contributed by atoms with E-state index in [-0.39, 0.29) is 73.0 Å². The molecule has 5 aromatic heterocycles. The molecule has 5 amide bonds. The number of carbonyl (C=O) groups excluding carboxylic acids is 5. The number of nitrogens with two attached hydrogens (primary N) is 5. The molecule has 0 spiro atoms. The van der Waals surface area contributed by atoms with Crippen LogP contribution in [0, 0.1) is 69.1 Å². The standard InChI is InChI=1S/C26H32N4O.3C23H27N3O.C22H26ClN3O.CH4.ClH.H3N/c27-22(11-12-23(28)19-7-8-19)15-29-26(31)25-14-21-10-9-20(13-24(21)30-25)18-5-3-17(4-6-18)16-1-2-16;3*1-15-2-6-18(7-3-15)19-8-9-20-12-22(26-21(20)11-19)23(27)25-14-17-5-4-16(10-17)13-24;1-14-3-6-16(7-4-14)17-8-9-18-12-21(26-20(18)11-17)22(27)25-13-19(23)10-5-15(2)24;;;/h3-6,9-10,13-14,16,19,22-23,30H,1-2,7-8,11-12,15,27-28H2,(H,29,31);3*2-3,6-9,11-12,16-17,26H,4-5,10,13-14,24H2,1H3,(H,25,27);3-4,6-9,11-12,15,19,26H,5,10,13,24H2,1-2H3,(H,25,27);1H4;1H;1H3/t22-,23?;16-,17+;2*16-,17-;15?,19-;;;/m00100.../s1. The first kappa shape index (κ1) is 107. The normalized spacial score (nSPS) is 17.6. The van der Waals surface area contributed by atoms with Gasteiger partial charge in [-0.1, -0.05) is 212 Å². The predicted octanol–water partition coefficient (Wildman–Crippen LogP) is 18.7. The molecule has 0 aliphatic heterocycles. The van der Waals surface area contributed by atoms with E-state index in [4.69, 9.17) is 40.3 Å². The molecule has 22 nitrogen and oxygen atoms in total. The lowest BCUT2D eigenvalue weighted by molar-refractivity contribution is -0.415. The highest BCUT2D eigenvalue weighted by atomic mass is 35.5. The molecule has 5 aliphatic rings. The van der Waals surface area contributed by atoms with E-state index in [0.29, 0.717) is 89.0 Å². The molecule has 26 N–H and O–H groups in total. The fourth-order valence-electron chi connectivity index (χ4n) is 19.7. The van der Waals surface area contributed by atoms with Gasteiger partial charge in [0.1, 0.15) is 28.5 Å². The first-order valence-corrected chi connectivity index (χ1v) is 50.8. The summed E-state index contributed by atoms with van der Waals surface area (Å²) in [6, 6.07) is 84.3. The highest BCUT2D eigenvalue weighted by molar-refractivity contribution is 6.21. The average Bonchev–Trinajstić information content (AvgIpc) is 1.69. The van der Waals surface area contributed by atoms with Crippen LogP contribution in [0.2, 0.25) is 0 Å². The molecule has 10 aromatic carbocycles. The Morgan fingerprint density at radius 3 is 0.859 bits per heavy atom. The third kappa shape index (κ3) is 29.2. The lowest BCUT2D eigenvalue weighted by Gasteiger charge is -2.15. The molecular weight excluding hydrogens is 1810 g/mol. The number of halogens is 2. The van der Waals surface area contributed by atoms with Crippen molar-refractivity contribution in [3.8, 4) is 55.6 Å². The van der Waals surface area contributed by atoms with Gasteiger partial charge in [-0.25, -0.2) is 0 Å². The molecule has 5 saturated carbocycles. The molecule has 0 radical (unpaired) electrons. The van der Waals surface area contributed by atoms with Gasteiger partial charge in [0.2, 0.25) is 0 Å². The zero-order valence-electron chi connectivity index (χ0n) is 82.3. The zero-order chi connectivity index (χ0) is 97.2. The number of alkyl halides is 1. The summed E-state index contributed by atoms with van der Waals surface area (Å²) in [6.07, 6.45) is 19.1. The SMILES string of the molecule is C.Cc1ccc(-c2ccc3cc(C(=O)NC[C@@H](Cl)CCC(C)[NH3+])[nH]c3c2)cc1.Cc1ccc(-c2ccc3cc(C(=O)NC[C@@H]4CC[C@@H](CN)C4)[nH]c3c2)cc1.Cc1ccc(-c2ccc3cc(C(=O)NC[C@@H]4CC[C@H](CN)C4)[nH]c3c2)cc1.Cc1ccc(-c2ccc3cc(C(=O)NC[C@H]4CC[C@H](CN)C4)[nH]c3c2)cc1.N.NC(CC[C@H](N)CNC(=O)c1cc2ccc(-c3ccc(C4CC4)cc3)cc2[nH]1)C1CC1.[Cl-]. The van der Waals surface area contributed by atoms with E-state index >= 15 is 0 Å². The number of quaternary nitrogens is 1. The average molecular weight is 1950 g/mol. The van der Waals surface area contributed by atoms with E-state index in [1.807, 2.05) is 36.4 Å². The second-order valence-corrected chi connectivity index (χ2v) is 40.9. The quantitative estimate of drug-likeness (QED) is 0.0181. The molecule has 748 valence electrons. The van der Waals surface area contributed by atoms with Crippen LogP contribution in [-0.4, -0.2) is 130 Å². The molecule has 24 heteroatoms. The Labute approximate surface area is 847 Å². The summed E-state index contributed by atoms with van der Waals surface area (Å²) >= 11 is 6.28. The summed E-state index contributed by atoms with van der Waals surface area (Å²) in [4.78, 5) is 79.0. The molecule has 0 bridgehead atoms. The maximum absolute atomic E-state index is 12.6. The van der Waals surface area contributed by atoms with Crippen LogP contribution in [0.15, 0.2) is 243 Å². The van der Waals surface area contributed by atoms with Crippen molar-refractivity contribution in [2.24, 2.45) is 70.1 Å². The smallest absolute Gasteiger partial charge is 0.267 e.